The van der Waals surface area contributed by atoms with Crippen molar-refractivity contribution in [2.45, 2.75) is 99.8 Å². The van der Waals surface area contributed by atoms with Gasteiger partial charge in [0.1, 0.15) is 6.79 Å². The van der Waals surface area contributed by atoms with E-state index in [1.165, 1.54) is 24.2 Å². The molecule has 7 heteroatoms. The lowest BCUT2D eigenvalue weighted by molar-refractivity contribution is -0.137. The number of hydrogen-bond acceptors (Lipinski definition) is 6. The molecule has 0 aromatic carbocycles. The highest BCUT2D eigenvalue weighted by Crippen LogP contribution is 2.08. The van der Waals surface area contributed by atoms with Crippen LogP contribution in [0, 0.1) is 0 Å². The van der Waals surface area contributed by atoms with Gasteiger partial charge in [-0.2, -0.15) is 0 Å². The zero-order valence-corrected chi connectivity index (χ0v) is 24.6. The molecule has 0 saturated heterocycles. The van der Waals surface area contributed by atoms with E-state index in [-0.39, 0.29) is 12.5 Å². The maximum atomic E-state index is 11.9. The van der Waals surface area contributed by atoms with Gasteiger partial charge < -0.3 is 19.7 Å². The summed E-state index contributed by atoms with van der Waals surface area (Å²) in [6.07, 6.45) is 12.7. The summed E-state index contributed by atoms with van der Waals surface area (Å²) in [6, 6.07) is 0. The second kappa shape index (κ2) is 40.1. The Kier molecular flexibility index (Phi) is 48.9. The number of nitrogens with zero attached hydrogens (tertiary/aromatic N) is 1. The number of imide groups is 1. The number of hydrogen-bond donors (Lipinski definition) is 2. The van der Waals surface area contributed by atoms with Crippen LogP contribution in [-0.2, 0) is 19.1 Å². The van der Waals surface area contributed by atoms with Crippen molar-refractivity contribution in [1.29, 1.82) is 0 Å². The first-order valence-electron chi connectivity index (χ1n) is 12.9. The highest BCUT2D eigenvalue weighted by molar-refractivity contribution is 5.86. The number of rotatable bonds is 15. The Bertz CT molecular complexity index is 538. The Hall–Kier alpha value is -2.09. The summed E-state index contributed by atoms with van der Waals surface area (Å²) in [5, 5.41) is 15.3. The van der Waals surface area contributed by atoms with Gasteiger partial charge >= 0.3 is 0 Å². The van der Waals surface area contributed by atoms with Crippen LogP contribution in [0.15, 0.2) is 35.5 Å². The van der Waals surface area contributed by atoms with Crippen LogP contribution in [0.25, 0.3) is 0 Å². The Morgan fingerprint density at radius 3 is 1.81 bits per heavy atom. The zero-order valence-electron chi connectivity index (χ0n) is 24.6. The molecule has 0 aliphatic heterocycles. The van der Waals surface area contributed by atoms with E-state index < -0.39 is 0 Å². The summed E-state index contributed by atoms with van der Waals surface area (Å²) in [7, 11) is 1.00. The van der Waals surface area contributed by atoms with Gasteiger partial charge in [0, 0.05) is 26.7 Å². The molecule has 0 saturated carbocycles. The molecule has 214 valence electrons. The van der Waals surface area contributed by atoms with Crippen molar-refractivity contribution in [2.24, 2.45) is 0 Å². The minimum absolute atomic E-state index is 0.0956. The molecular weight excluding hydrogens is 458 g/mol. The number of aliphatic hydroxyl groups excluding tert-OH is 2. The van der Waals surface area contributed by atoms with Crippen molar-refractivity contribution in [3.63, 3.8) is 0 Å². The molecule has 0 aromatic rings. The van der Waals surface area contributed by atoms with Gasteiger partial charge in [-0.15, -0.1) is 0 Å². The lowest BCUT2D eigenvalue weighted by Gasteiger charge is -2.15. The second-order valence-electron chi connectivity index (χ2n) is 7.98. The van der Waals surface area contributed by atoms with Crippen LogP contribution in [0.4, 0.5) is 0 Å². The van der Waals surface area contributed by atoms with Gasteiger partial charge in [0.15, 0.2) is 0 Å². The summed E-state index contributed by atoms with van der Waals surface area (Å²) in [5.74, 6) is -0.0956. The largest absolute Gasteiger partial charge is 0.400 e. The zero-order chi connectivity index (χ0) is 29.2. The molecule has 0 heterocycles. The molecule has 0 radical (unpaired) electrons. The molecule has 2 amide bonds. The molecule has 0 atom stereocenters. The summed E-state index contributed by atoms with van der Waals surface area (Å²) in [4.78, 5) is 32.1. The average molecular weight is 516 g/mol. The van der Waals surface area contributed by atoms with Crippen molar-refractivity contribution in [2.75, 3.05) is 33.5 Å². The normalized spacial score (nSPS) is 10.1. The Balaban J connectivity index is -0.000000166. The molecule has 7 nitrogen and oxygen atoms in total. The predicted octanol–water partition coefficient (Wildman–Crippen LogP) is 6.05. The molecular formula is C29H57NO6. The van der Waals surface area contributed by atoms with E-state index in [9.17, 15) is 9.59 Å². The van der Waals surface area contributed by atoms with E-state index in [1.54, 1.807) is 0 Å². The van der Waals surface area contributed by atoms with Crippen LogP contribution in [-0.4, -0.2) is 67.7 Å². The van der Waals surface area contributed by atoms with Gasteiger partial charge in [-0.1, -0.05) is 89.7 Å². The number of amides is 2. The number of allylic oxidation sites excluding steroid dienone is 4. The highest BCUT2D eigenvalue weighted by Gasteiger charge is 2.11. The van der Waals surface area contributed by atoms with E-state index in [1.807, 2.05) is 39.7 Å². The summed E-state index contributed by atoms with van der Waals surface area (Å²) in [6.45, 7) is 22.0. The van der Waals surface area contributed by atoms with Crippen molar-refractivity contribution in [3.8, 4) is 0 Å². The molecule has 0 aliphatic rings. The lowest BCUT2D eigenvalue weighted by Crippen LogP contribution is -2.30. The van der Waals surface area contributed by atoms with Gasteiger partial charge in [0.25, 0.3) is 0 Å². The van der Waals surface area contributed by atoms with Gasteiger partial charge in [-0.05, 0) is 39.2 Å². The highest BCUT2D eigenvalue weighted by atomic mass is 16.5. The number of unbranched alkanes of at least 4 members (excludes halogenated alkanes) is 4. The van der Waals surface area contributed by atoms with E-state index in [4.69, 9.17) is 19.7 Å². The van der Waals surface area contributed by atoms with Crippen molar-refractivity contribution in [3.05, 3.63) is 35.5 Å². The second-order valence-corrected chi connectivity index (χ2v) is 7.98. The quantitative estimate of drug-likeness (QED) is 0.156. The van der Waals surface area contributed by atoms with Crippen molar-refractivity contribution >= 4 is 19.1 Å². The van der Waals surface area contributed by atoms with E-state index in [0.717, 1.165) is 56.1 Å². The SMILES string of the molecule is C=C(C)/C(C)=C\C=C(/C)CN(C=O)C(=O)CCCCC.C=O.CCC.CCCCCOCCO.CO. The monoisotopic (exact) mass is 515 g/mol. The van der Waals surface area contributed by atoms with Crippen molar-refractivity contribution in [1.82, 2.24) is 4.90 Å². The average Bonchev–Trinajstić information content (AvgIpc) is 2.89. The fourth-order valence-corrected chi connectivity index (χ4v) is 2.21. The van der Waals surface area contributed by atoms with Crippen LogP contribution < -0.4 is 0 Å². The molecule has 0 bridgehead atoms. The minimum Gasteiger partial charge on any atom is -0.400 e. The third-order valence-electron chi connectivity index (χ3n) is 4.28. The first-order chi connectivity index (χ1) is 17.2. The van der Waals surface area contributed by atoms with Crippen molar-refractivity contribution < 1.29 is 29.3 Å². The fourth-order valence-electron chi connectivity index (χ4n) is 2.21. The predicted molar refractivity (Wildman–Crippen MR) is 153 cm³/mol. The van der Waals surface area contributed by atoms with Crippen LogP contribution in [0.5, 0.6) is 0 Å². The minimum atomic E-state index is -0.0956. The molecule has 0 fully saturated rings. The Labute approximate surface area is 222 Å². The summed E-state index contributed by atoms with van der Waals surface area (Å²) < 4.78 is 5.03. The molecule has 2 N–H and O–H groups in total. The van der Waals surface area contributed by atoms with Crippen LogP contribution >= 0.6 is 0 Å². The molecule has 36 heavy (non-hydrogen) atoms. The topological polar surface area (TPSA) is 104 Å². The number of carbonyl (C=O) groups excluding carboxylic acids is 3. The maximum absolute atomic E-state index is 11.9. The summed E-state index contributed by atoms with van der Waals surface area (Å²) >= 11 is 0. The molecule has 0 spiro atoms. The molecule has 0 aliphatic carbocycles. The maximum Gasteiger partial charge on any atom is 0.229 e. The van der Waals surface area contributed by atoms with Crippen LogP contribution in [0.2, 0.25) is 0 Å². The molecule has 0 unspecified atom stereocenters. The van der Waals surface area contributed by atoms with Gasteiger partial charge in [0.05, 0.1) is 13.2 Å². The van der Waals surface area contributed by atoms with E-state index in [0.29, 0.717) is 26.0 Å². The molecule has 0 aromatic heterocycles. The van der Waals surface area contributed by atoms with Gasteiger partial charge in [0.2, 0.25) is 12.3 Å². The smallest absolute Gasteiger partial charge is 0.229 e. The number of ether oxygens (including phenoxy) is 1. The summed E-state index contributed by atoms with van der Waals surface area (Å²) in [5.41, 5.74) is 3.08. The Morgan fingerprint density at radius 2 is 1.39 bits per heavy atom. The van der Waals surface area contributed by atoms with Crippen LogP contribution in [0.3, 0.4) is 0 Å². The Morgan fingerprint density at radius 1 is 0.889 bits per heavy atom. The standard InChI is InChI=1S/C17H27NO2.C7H16O2.C3H8.CH4O.CH2O/c1-6-7-8-9-17(20)18(13-19)12-15(4)10-11-16(5)14(2)3;1-2-3-4-6-9-7-5-8;1-3-2;2*1-2/h10-11,13H,2,6-9,12H2,1,3-5H3;8H,2-7H2,1H3;3H2,1-2H3;2H,1H3;1H2/b15-10+,16-11-;;;;. The van der Waals surface area contributed by atoms with Crippen LogP contribution in [0.1, 0.15) is 99.8 Å². The number of carbonyl (C=O) groups is 3. The molecule has 0 rings (SSSR count). The van der Waals surface area contributed by atoms with E-state index >= 15 is 0 Å². The van der Waals surface area contributed by atoms with Gasteiger partial charge in [-0.25, -0.2) is 0 Å². The lowest BCUT2D eigenvalue weighted by atomic mass is 10.1. The van der Waals surface area contributed by atoms with E-state index in [2.05, 4.69) is 34.3 Å². The fraction of sp³-hybridized carbons (Fsp3) is 0.690. The third kappa shape index (κ3) is 39.1. The number of aliphatic hydroxyl groups is 2. The first kappa shape index (κ1) is 43.9. The van der Waals surface area contributed by atoms with Gasteiger partial charge in [-0.3, -0.25) is 14.5 Å². The third-order valence-corrected chi connectivity index (χ3v) is 4.28. The first-order valence-corrected chi connectivity index (χ1v) is 12.9.